The van der Waals surface area contributed by atoms with Gasteiger partial charge in [-0.3, -0.25) is 4.79 Å². The molecule has 0 amide bonds. The maximum Gasteiger partial charge on any atom is 0.573 e. The Morgan fingerprint density at radius 1 is 1.29 bits per heavy atom. The molecule has 0 radical (unpaired) electrons. The Hall–Kier alpha value is -1.17. The van der Waals surface area contributed by atoms with Gasteiger partial charge in [0, 0.05) is 6.42 Å². The molecule has 0 bridgehead atoms. The quantitative estimate of drug-likeness (QED) is 0.817. The summed E-state index contributed by atoms with van der Waals surface area (Å²) >= 11 is 1.42. The highest BCUT2D eigenvalue weighted by Gasteiger charge is 2.30. The lowest BCUT2D eigenvalue weighted by atomic mass is 10.1. The average Bonchev–Trinajstić information content (AvgIpc) is 2.19. The van der Waals surface area contributed by atoms with Crippen LogP contribution in [0.25, 0.3) is 0 Å². The number of benzene rings is 1. The first-order valence-corrected chi connectivity index (χ1v) is 6.15. The minimum atomic E-state index is -4.68. The summed E-state index contributed by atoms with van der Waals surface area (Å²) in [4.78, 5) is 11.3. The molecular formula is C11H11F3O2S. The van der Waals surface area contributed by atoms with E-state index in [9.17, 15) is 18.0 Å². The summed E-state index contributed by atoms with van der Waals surface area (Å²) < 4.78 is 39.3. The first-order valence-electron chi connectivity index (χ1n) is 4.76. The van der Waals surface area contributed by atoms with Gasteiger partial charge in [0.15, 0.2) is 0 Å². The van der Waals surface area contributed by atoms with E-state index in [2.05, 4.69) is 4.74 Å². The second kappa shape index (κ2) is 5.95. The smallest absolute Gasteiger partial charge is 0.406 e. The molecule has 0 saturated heterocycles. The zero-order valence-electron chi connectivity index (χ0n) is 9.08. The lowest BCUT2D eigenvalue weighted by Gasteiger charge is -2.09. The number of alkyl halides is 3. The zero-order chi connectivity index (χ0) is 12.9. The molecule has 0 saturated carbocycles. The minimum Gasteiger partial charge on any atom is -0.406 e. The van der Waals surface area contributed by atoms with E-state index in [1.54, 1.807) is 0 Å². The summed E-state index contributed by atoms with van der Waals surface area (Å²) in [6.07, 6.45) is -2.64. The van der Waals surface area contributed by atoms with E-state index < -0.39 is 6.36 Å². The highest BCUT2D eigenvalue weighted by molar-refractivity contribution is 7.99. The number of carbonyl (C=O) groups excluding carboxylic acids is 1. The highest BCUT2D eigenvalue weighted by atomic mass is 32.2. The first kappa shape index (κ1) is 13.9. The number of ketones is 1. The number of carbonyl (C=O) groups is 1. The van der Waals surface area contributed by atoms with Gasteiger partial charge < -0.3 is 4.74 Å². The highest BCUT2D eigenvalue weighted by Crippen LogP contribution is 2.22. The SMILES string of the molecule is CSCC(=O)Cc1ccc(OC(F)(F)F)cc1. The van der Waals surface area contributed by atoms with Crippen molar-refractivity contribution in [2.75, 3.05) is 12.0 Å². The average molecular weight is 264 g/mol. The van der Waals surface area contributed by atoms with Gasteiger partial charge >= 0.3 is 6.36 Å². The molecule has 0 aliphatic heterocycles. The Morgan fingerprint density at radius 2 is 1.88 bits per heavy atom. The van der Waals surface area contributed by atoms with Crippen molar-refractivity contribution in [2.24, 2.45) is 0 Å². The molecule has 17 heavy (non-hydrogen) atoms. The third-order valence-corrected chi connectivity index (χ3v) is 2.47. The van der Waals surface area contributed by atoms with Crippen molar-refractivity contribution in [1.29, 1.82) is 0 Å². The largest absolute Gasteiger partial charge is 0.573 e. The monoisotopic (exact) mass is 264 g/mol. The predicted molar refractivity (Wildman–Crippen MR) is 60.2 cm³/mol. The number of rotatable bonds is 5. The normalized spacial score (nSPS) is 11.3. The second-order valence-corrected chi connectivity index (χ2v) is 4.21. The Balaban J connectivity index is 2.59. The molecule has 0 fully saturated rings. The van der Waals surface area contributed by atoms with Crippen LogP contribution in [0.3, 0.4) is 0 Å². The summed E-state index contributed by atoms with van der Waals surface area (Å²) in [6.45, 7) is 0. The number of ether oxygens (including phenoxy) is 1. The van der Waals surface area contributed by atoms with E-state index in [1.807, 2.05) is 6.26 Å². The number of hydrogen-bond acceptors (Lipinski definition) is 3. The number of thioether (sulfide) groups is 1. The van der Waals surface area contributed by atoms with Gasteiger partial charge in [-0.15, -0.1) is 13.2 Å². The van der Waals surface area contributed by atoms with Crippen LogP contribution in [-0.2, 0) is 11.2 Å². The molecular weight excluding hydrogens is 253 g/mol. The van der Waals surface area contributed by atoms with Crippen molar-refractivity contribution < 1.29 is 22.7 Å². The molecule has 6 heteroatoms. The molecule has 0 aliphatic carbocycles. The Bertz CT molecular complexity index is 373. The topological polar surface area (TPSA) is 26.3 Å². The van der Waals surface area contributed by atoms with Gasteiger partial charge in [0.2, 0.25) is 0 Å². The fraction of sp³-hybridized carbons (Fsp3) is 0.364. The minimum absolute atomic E-state index is 0.0435. The molecule has 0 aromatic heterocycles. The molecule has 0 spiro atoms. The van der Waals surface area contributed by atoms with Crippen LogP contribution in [0.5, 0.6) is 5.75 Å². The summed E-state index contributed by atoms with van der Waals surface area (Å²) in [6, 6.07) is 5.32. The van der Waals surface area contributed by atoms with Crippen LogP contribution in [-0.4, -0.2) is 24.2 Å². The molecule has 0 heterocycles. The number of hydrogen-bond donors (Lipinski definition) is 0. The Kier molecular flexibility index (Phi) is 4.86. The van der Waals surface area contributed by atoms with E-state index in [4.69, 9.17) is 0 Å². The van der Waals surface area contributed by atoms with Crippen LogP contribution >= 0.6 is 11.8 Å². The van der Waals surface area contributed by atoms with Crippen molar-refractivity contribution in [1.82, 2.24) is 0 Å². The van der Waals surface area contributed by atoms with Crippen molar-refractivity contribution in [3.8, 4) is 5.75 Å². The third kappa shape index (κ3) is 5.63. The van der Waals surface area contributed by atoms with Crippen LogP contribution in [0.15, 0.2) is 24.3 Å². The molecule has 1 aromatic carbocycles. The standard InChI is InChI=1S/C11H11F3O2S/c1-17-7-9(15)6-8-2-4-10(5-3-8)16-11(12,13)14/h2-5H,6-7H2,1H3. The summed E-state index contributed by atoms with van der Waals surface area (Å²) in [5, 5.41) is 0. The van der Waals surface area contributed by atoms with Gasteiger partial charge in [-0.2, -0.15) is 11.8 Å². The third-order valence-electron chi connectivity index (χ3n) is 1.86. The Labute approximate surface area is 101 Å². The molecule has 0 atom stereocenters. The zero-order valence-corrected chi connectivity index (χ0v) is 9.90. The van der Waals surface area contributed by atoms with Crippen LogP contribution in [0.4, 0.5) is 13.2 Å². The van der Waals surface area contributed by atoms with Gasteiger partial charge in [0.25, 0.3) is 0 Å². The van der Waals surface area contributed by atoms with Crippen LogP contribution in [0, 0.1) is 0 Å². The van der Waals surface area contributed by atoms with Gasteiger partial charge in [0.1, 0.15) is 11.5 Å². The molecule has 1 rings (SSSR count). The summed E-state index contributed by atoms with van der Waals surface area (Å²) in [7, 11) is 0. The molecule has 1 aromatic rings. The first-order chi connectivity index (χ1) is 7.90. The van der Waals surface area contributed by atoms with Crippen molar-refractivity contribution in [3.05, 3.63) is 29.8 Å². The molecule has 0 N–H and O–H groups in total. The van der Waals surface area contributed by atoms with E-state index in [1.165, 1.54) is 36.0 Å². The molecule has 0 unspecified atom stereocenters. The molecule has 2 nitrogen and oxygen atoms in total. The fourth-order valence-corrected chi connectivity index (χ4v) is 1.67. The predicted octanol–water partition coefficient (Wildman–Crippen LogP) is 3.06. The van der Waals surface area contributed by atoms with Crippen molar-refractivity contribution in [2.45, 2.75) is 12.8 Å². The summed E-state index contributed by atoms with van der Waals surface area (Å²) in [5.41, 5.74) is 0.679. The second-order valence-electron chi connectivity index (χ2n) is 3.34. The van der Waals surface area contributed by atoms with Gasteiger partial charge in [-0.25, -0.2) is 0 Å². The lowest BCUT2D eigenvalue weighted by Crippen LogP contribution is -2.17. The molecule has 94 valence electrons. The van der Waals surface area contributed by atoms with E-state index >= 15 is 0 Å². The van der Waals surface area contributed by atoms with E-state index in [-0.39, 0.29) is 18.0 Å². The van der Waals surface area contributed by atoms with Crippen molar-refractivity contribution >= 4 is 17.5 Å². The van der Waals surface area contributed by atoms with Gasteiger partial charge in [-0.1, -0.05) is 12.1 Å². The van der Waals surface area contributed by atoms with Gasteiger partial charge in [0.05, 0.1) is 5.75 Å². The Morgan fingerprint density at radius 3 is 2.35 bits per heavy atom. The number of Topliss-reactive ketones (excluding diaryl/α,β-unsaturated/α-hetero) is 1. The van der Waals surface area contributed by atoms with Gasteiger partial charge in [-0.05, 0) is 24.0 Å². The maximum atomic E-state index is 11.9. The summed E-state index contributed by atoms with van der Waals surface area (Å²) in [5.74, 6) is 0.168. The van der Waals surface area contributed by atoms with E-state index in [0.717, 1.165) is 0 Å². The van der Waals surface area contributed by atoms with Crippen molar-refractivity contribution in [3.63, 3.8) is 0 Å². The lowest BCUT2D eigenvalue weighted by molar-refractivity contribution is -0.274. The van der Waals surface area contributed by atoms with Crippen LogP contribution in [0.2, 0.25) is 0 Å². The number of halogens is 3. The van der Waals surface area contributed by atoms with Crippen LogP contribution < -0.4 is 4.74 Å². The van der Waals surface area contributed by atoms with E-state index in [0.29, 0.717) is 11.3 Å². The fourth-order valence-electron chi connectivity index (χ4n) is 1.25. The maximum absolute atomic E-state index is 11.9. The van der Waals surface area contributed by atoms with Crippen LogP contribution in [0.1, 0.15) is 5.56 Å². The molecule has 0 aliphatic rings.